The molecule has 5 fully saturated rings. The summed E-state index contributed by atoms with van der Waals surface area (Å²) in [5.41, 5.74) is 28.9. The number of aliphatic hydroxyl groups excluding tert-OH is 10. The predicted octanol–water partition coefficient (Wildman–Crippen LogP) is 0.348. The molecule has 602 valence electrons. The quantitative estimate of drug-likeness (QED) is 0.0444. The number of hydrazone groups is 1. The molecule has 0 aliphatic carbocycles. The van der Waals surface area contributed by atoms with E-state index in [0.717, 1.165) is 40.0 Å². The molecule has 0 amide bonds. The van der Waals surface area contributed by atoms with Gasteiger partial charge in [-0.3, -0.25) is 0 Å². The zero-order chi connectivity index (χ0) is 80.7. The van der Waals surface area contributed by atoms with Crippen LogP contribution in [0.4, 0.5) is 0 Å². The van der Waals surface area contributed by atoms with E-state index >= 15 is 0 Å². The fourth-order valence-electron chi connectivity index (χ4n) is 11.9. The molecular weight excluding hydrogens is 1590 g/mol. The van der Waals surface area contributed by atoms with Gasteiger partial charge in [0.15, 0.2) is 24.9 Å². The van der Waals surface area contributed by atoms with Gasteiger partial charge in [-0.1, -0.05) is 31.3 Å². The van der Waals surface area contributed by atoms with Crippen molar-refractivity contribution in [3.63, 3.8) is 0 Å². The van der Waals surface area contributed by atoms with Crippen LogP contribution in [0.25, 0.3) is 0 Å². The summed E-state index contributed by atoms with van der Waals surface area (Å²) in [6.45, 7) is 36.1. The Morgan fingerprint density at radius 2 is 0.804 bits per heavy atom. The lowest BCUT2D eigenvalue weighted by atomic mass is 10.1. The normalized spacial score (nSPS) is 33.2. The molecule has 21 N–H and O–H groups in total. The molecule has 107 heavy (non-hydrogen) atoms. The zero-order valence-electron chi connectivity index (χ0n) is 63.6. The number of nitrogens with zero attached hydrogens (tertiary/aromatic N) is 11. The standard InChI is InChI=1S/C15H26N3O3P.C14H23IN3O3P.C14H24N3O3P.2C13H23N4O3P/c1-9-8-18(10(2)17-14(9)16)15-13(20)12(19)11(21-15)6-7-22(3,4)5;1-8-17-13(16)9(15)7-18(8)14-12(20)11(19)10(21-14)5-6-22(2,3)4;1-9-16-11(15)5-7-17(9)14-13(19)12(18)10(20-14)6-8-21(2,3)4;1-8-16-13(14)15-7-17(8)12-11(19)10(18)9(20-12)5-6-21(2,3)4;1-8-16-10(14)7-15-17(8)13-12(19)11(18)9(20-13)5-6-21(2,3)4/h8,11-13,15,19-20H,2-3,6-7H2,1,4-5H3,(H2,16,17);7,10-12,14,19-20H,1-2,5-6H2,3-4H3,(H2,16,17);5,7,10,12-14,18-19H,1-2,6,8H2,3-4H3,(H2,15,16);7,9-12,18-19H,1-2,5-6H2,3-4H3,(H2,14,16);7,9,11-13,18-19H,1-2,5-6H2,3-4H3,(H2,14,16)/p+1/t11-,12-,13-,15?;10-,11-,12-,14?;10-,12-,13-,14?;9-,10-,11-,12?;9-,11-,12-,13?/m11111/s1. The summed E-state index contributed by atoms with van der Waals surface area (Å²) in [6.07, 6.45) is 22.5. The van der Waals surface area contributed by atoms with E-state index in [-0.39, 0.29) is 17.6 Å². The van der Waals surface area contributed by atoms with Crippen LogP contribution < -0.4 is 34.0 Å². The fourth-order valence-corrected chi connectivity index (χ4v) is 17.1. The number of ether oxygens (including phenoxy) is 5. The summed E-state index contributed by atoms with van der Waals surface area (Å²) in [5.74, 6) is 3.49. The van der Waals surface area contributed by atoms with Crippen LogP contribution in [0.15, 0.2) is 126 Å². The zero-order valence-corrected chi connectivity index (χ0v) is 70.2. The summed E-state index contributed by atoms with van der Waals surface area (Å²) in [5, 5.41) is 110. The maximum atomic E-state index is 10.3. The summed E-state index contributed by atoms with van der Waals surface area (Å²) >= 11 is 2.06. The number of aliphatic imine (C=N–C) groups is 5. The minimum atomic E-state index is -1.21. The molecule has 0 saturated carbocycles. The van der Waals surface area contributed by atoms with E-state index in [9.17, 15) is 51.1 Å². The Morgan fingerprint density at radius 1 is 0.458 bits per heavy atom. The third-order valence-corrected chi connectivity index (χ3v) is 26.3. The van der Waals surface area contributed by atoms with Gasteiger partial charge in [0, 0.05) is 24.2 Å². The van der Waals surface area contributed by atoms with Crippen LogP contribution in [0.2, 0.25) is 0 Å². The third kappa shape index (κ3) is 25.9. The summed E-state index contributed by atoms with van der Waals surface area (Å²) < 4.78 is 31.4. The van der Waals surface area contributed by atoms with Crippen LogP contribution in [0, 0.1) is 0 Å². The van der Waals surface area contributed by atoms with Crippen LogP contribution in [0.3, 0.4) is 0 Å². The minimum Gasteiger partial charge on any atom is -0.388 e. The molecule has 32 nitrogen and oxygen atoms in total. The van der Waals surface area contributed by atoms with Gasteiger partial charge < -0.3 is 118 Å². The topological polar surface area (TPSA) is 481 Å². The summed E-state index contributed by atoms with van der Waals surface area (Å²) in [7, 11) is 0. The number of aliphatic hydroxyl groups is 10. The molecule has 0 radical (unpaired) electrons. The first-order valence-corrected chi connectivity index (χ1v) is 51.0. The molecule has 10 aliphatic rings. The Balaban J connectivity index is 0.000000209. The van der Waals surface area contributed by atoms with Crippen molar-refractivity contribution in [1.29, 1.82) is 0 Å². The maximum Gasteiger partial charge on any atom is 0.335 e. The first-order valence-electron chi connectivity index (χ1n) is 34.7. The van der Waals surface area contributed by atoms with Crippen LogP contribution >= 0.6 is 57.0 Å². The minimum absolute atomic E-state index is 0.226. The molecule has 20 atom stereocenters. The fraction of sp³-hybridized carbons (Fsp3) is 0.594. The molecule has 10 rings (SSSR count). The number of halogens is 1. The average molecular weight is 1710 g/mol. The van der Waals surface area contributed by atoms with Gasteiger partial charge in [-0.05, 0) is 172 Å². The van der Waals surface area contributed by atoms with E-state index in [4.69, 9.17) is 52.4 Å². The second-order valence-corrected chi connectivity index (χ2v) is 54.0. The smallest absolute Gasteiger partial charge is 0.335 e. The maximum absolute atomic E-state index is 10.3. The number of hydrogen-bond acceptors (Lipinski definition) is 31. The molecule has 0 aromatic heterocycles. The highest BCUT2D eigenvalue weighted by atomic mass is 127. The van der Waals surface area contributed by atoms with E-state index in [1.165, 1.54) is 22.1 Å². The first kappa shape index (κ1) is 91.1. The van der Waals surface area contributed by atoms with Gasteiger partial charge in [0.2, 0.25) is 18.4 Å². The SMILES string of the molecule is C=C1N=C(N)C(C)=CN1C1O[C@H](CCP(=C)(C)C)[C@@H](O)[C@H]1O.C=C1N=C(N)C(I)=CN1C1O[C@H](CCP(=C)(C)C)[C@@H](O)[C@H]1O.C=C1N=C(N)C=CN1C1O[C@H](CCP(=C)(C)C)[C@@H](O)[C@H]1O.C=C1N=C(N)C=NN1C1O[C@H](CCP(=C)(C)C)[C@@H](O)[C@H]1O.C=C1NC(N)=NC=[N+]1C1O[C@H](CCP(=C)(C)C)[C@@H](O)[C@H]1O. The van der Waals surface area contributed by atoms with Crippen LogP contribution in [-0.2, 0) is 23.7 Å². The van der Waals surface area contributed by atoms with E-state index in [2.05, 4.69) is 189 Å². The summed E-state index contributed by atoms with van der Waals surface area (Å²) in [4.78, 5) is 25.1. The molecule has 0 aromatic carbocycles. The first-order chi connectivity index (χ1) is 49.3. The number of hydrogen-bond donors (Lipinski definition) is 16. The van der Waals surface area contributed by atoms with E-state index in [1.54, 1.807) is 39.4 Å². The van der Waals surface area contributed by atoms with E-state index in [1.807, 2.05) is 6.92 Å². The number of amidine groups is 4. The summed E-state index contributed by atoms with van der Waals surface area (Å²) in [6, 6.07) is 0. The highest BCUT2D eigenvalue weighted by Gasteiger charge is 2.51. The molecule has 10 aliphatic heterocycles. The lowest BCUT2D eigenvalue weighted by molar-refractivity contribution is -0.578. The average Bonchev–Trinajstić information content (AvgIpc) is 1.67. The highest BCUT2D eigenvalue weighted by molar-refractivity contribution is 14.1. The van der Waals surface area contributed by atoms with Crippen molar-refractivity contribution in [1.82, 2.24) is 25.0 Å². The molecule has 10 heterocycles. The van der Waals surface area contributed by atoms with Crippen molar-refractivity contribution >= 4 is 130 Å². The van der Waals surface area contributed by atoms with Gasteiger partial charge in [0.25, 0.3) is 0 Å². The second kappa shape index (κ2) is 37.7. The highest BCUT2D eigenvalue weighted by Crippen LogP contribution is 2.44. The molecule has 38 heteroatoms. The Hall–Kier alpha value is -4.76. The van der Waals surface area contributed by atoms with E-state index < -0.39 is 157 Å². The Kier molecular flexibility index (Phi) is 32.1. The number of nitrogens with one attached hydrogen (secondary N) is 1. The Morgan fingerprint density at radius 3 is 1.20 bits per heavy atom. The molecule has 5 saturated heterocycles. The van der Waals surface area contributed by atoms with Crippen molar-refractivity contribution < 1.29 is 79.3 Å². The molecule has 0 aromatic rings. The second-order valence-electron chi connectivity index (χ2n) is 31.2. The van der Waals surface area contributed by atoms with Crippen LogP contribution in [0.5, 0.6) is 0 Å². The van der Waals surface area contributed by atoms with Crippen LogP contribution in [-0.4, -0.2) is 369 Å². The predicted molar refractivity (Wildman–Crippen MR) is 454 cm³/mol. The van der Waals surface area contributed by atoms with Gasteiger partial charge in [-0.25, -0.2) is 34.9 Å². The largest absolute Gasteiger partial charge is 0.388 e. The molecule has 5 unspecified atom stereocenters. The lowest BCUT2D eigenvalue weighted by Gasteiger charge is -2.31. The van der Waals surface area contributed by atoms with Gasteiger partial charge in [0.05, 0.1) is 40.3 Å². The number of nitrogens with two attached hydrogens (primary N) is 5. The van der Waals surface area contributed by atoms with Crippen LogP contribution in [0.1, 0.15) is 39.0 Å². The van der Waals surface area contributed by atoms with Gasteiger partial charge in [0.1, 0.15) is 108 Å². The van der Waals surface area contributed by atoms with Gasteiger partial charge >= 0.3 is 5.96 Å². The van der Waals surface area contributed by atoms with Crippen molar-refractivity contribution in [2.24, 2.45) is 58.7 Å². The third-order valence-electron chi connectivity index (χ3n) is 18.2. The number of rotatable bonds is 20. The van der Waals surface area contributed by atoms with Gasteiger partial charge in [-0.2, -0.15) is 5.10 Å². The van der Waals surface area contributed by atoms with Crippen molar-refractivity contribution in [3.8, 4) is 0 Å². The lowest BCUT2D eigenvalue weighted by Crippen LogP contribution is -2.46. The van der Waals surface area contributed by atoms with Crippen molar-refractivity contribution in [2.75, 3.05) is 97.5 Å². The molecule has 0 bridgehead atoms. The van der Waals surface area contributed by atoms with Crippen molar-refractivity contribution in [3.05, 3.63) is 95.8 Å². The number of guanidine groups is 1. The molecular formula is C69H120IN17O15P5+. The van der Waals surface area contributed by atoms with E-state index in [0.29, 0.717) is 72.9 Å². The van der Waals surface area contributed by atoms with Crippen molar-refractivity contribution in [2.45, 2.75) is 162 Å². The Bertz CT molecular complexity index is 3660. The molecule has 0 spiro atoms. The van der Waals surface area contributed by atoms with Gasteiger partial charge in [-0.15, -0.1) is 65.9 Å². The monoisotopic (exact) mass is 1710 g/mol. The Labute approximate surface area is 644 Å².